The summed E-state index contributed by atoms with van der Waals surface area (Å²) in [6.07, 6.45) is 0.765. The number of methoxy groups -OCH3 is 2. The summed E-state index contributed by atoms with van der Waals surface area (Å²) in [6.45, 7) is 3.80. The third-order valence-electron chi connectivity index (χ3n) is 3.37. The molecule has 0 aliphatic rings. The SMILES string of the molecule is CCOCCCNC(=O)Cn1nnc(-c2ccc(OC)c(OC)c2)n1. The van der Waals surface area contributed by atoms with Crippen LogP contribution in [0.2, 0.25) is 0 Å². The number of carbonyl (C=O) groups is 1. The van der Waals surface area contributed by atoms with Gasteiger partial charge in [-0.2, -0.15) is 4.80 Å². The number of hydrogen-bond donors (Lipinski definition) is 1. The Morgan fingerprint density at radius 1 is 1.24 bits per heavy atom. The maximum atomic E-state index is 11.9. The van der Waals surface area contributed by atoms with Crippen LogP contribution >= 0.6 is 0 Å². The average molecular weight is 349 g/mol. The molecule has 0 saturated carbocycles. The largest absolute Gasteiger partial charge is 0.493 e. The van der Waals surface area contributed by atoms with E-state index in [2.05, 4.69) is 20.7 Å². The normalized spacial score (nSPS) is 10.5. The van der Waals surface area contributed by atoms with E-state index in [0.717, 1.165) is 12.0 Å². The van der Waals surface area contributed by atoms with Gasteiger partial charge >= 0.3 is 0 Å². The molecule has 0 spiro atoms. The van der Waals surface area contributed by atoms with Crippen molar-refractivity contribution in [1.29, 1.82) is 0 Å². The van der Waals surface area contributed by atoms with Crippen molar-refractivity contribution in [1.82, 2.24) is 25.5 Å². The lowest BCUT2D eigenvalue weighted by molar-refractivity contribution is -0.122. The van der Waals surface area contributed by atoms with Gasteiger partial charge in [-0.1, -0.05) is 0 Å². The molecule has 1 aromatic heterocycles. The first-order valence-corrected chi connectivity index (χ1v) is 8.02. The minimum Gasteiger partial charge on any atom is -0.493 e. The molecule has 136 valence electrons. The Morgan fingerprint density at radius 2 is 2.04 bits per heavy atom. The molecule has 25 heavy (non-hydrogen) atoms. The van der Waals surface area contributed by atoms with E-state index in [0.29, 0.717) is 37.1 Å². The van der Waals surface area contributed by atoms with Crippen LogP contribution in [0.15, 0.2) is 18.2 Å². The lowest BCUT2D eigenvalue weighted by Gasteiger charge is -2.07. The highest BCUT2D eigenvalue weighted by atomic mass is 16.5. The summed E-state index contributed by atoms with van der Waals surface area (Å²) in [6, 6.07) is 5.32. The van der Waals surface area contributed by atoms with Crippen molar-refractivity contribution in [2.24, 2.45) is 0 Å². The summed E-state index contributed by atoms with van der Waals surface area (Å²) in [5.74, 6) is 1.42. The van der Waals surface area contributed by atoms with Crippen molar-refractivity contribution in [2.75, 3.05) is 34.0 Å². The first-order chi connectivity index (χ1) is 12.2. The summed E-state index contributed by atoms with van der Waals surface area (Å²) in [5.41, 5.74) is 0.723. The Kier molecular flexibility index (Phi) is 7.15. The highest BCUT2D eigenvalue weighted by Crippen LogP contribution is 2.30. The molecule has 1 aromatic carbocycles. The smallest absolute Gasteiger partial charge is 0.243 e. The minimum atomic E-state index is -0.173. The predicted octanol–water partition coefficient (Wildman–Crippen LogP) is 0.900. The highest BCUT2D eigenvalue weighted by Gasteiger charge is 2.12. The Labute approximate surface area is 146 Å². The second-order valence-corrected chi connectivity index (χ2v) is 5.11. The maximum absolute atomic E-state index is 11.9. The van der Waals surface area contributed by atoms with E-state index in [1.165, 1.54) is 4.80 Å². The van der Waals surface area contributed by atoms with E-state index in [1.54, 1.807) is 32.4 Å². The molecule has 1 heterocycles. The zero-order valence-corrected chi connectivity index (χ0v) is 14.7. The molecule has 0 fully saturated rings. The molecule has 0 radical (unpaired) electrons. The van der Waals surface area contributed by atoms with Crippen LogP contribution < -0.4 is 14.8 Å². The Morgan fingerprint density at radius 3 is 2.76 bits per heavy atom. The molecule has 1 N–H and O–H groups in total. The summed E-state index contributed by atoms with van der Waals surface area (Å²) >= 11 is 0. The Hall–Kier alpha value is -2.68. The van der Waals surface area contributed by atoms with Crippen molar-refractivity contribution >= 4 is 5.91 Å². The van der Waals surface area contributed by atoms with Gasteiger partial charge in [0.05, 0.1) is 14.2 Å². The first-order valence-electron chi connectivity index (χ1n) is 8.02. The number of nitrogens with one attached hydrogen (secondary N) is 1. The fraction of sp³-hybridized carbons (Fsp3) is 0.500. The van der Waals surface area contributed by atoms with Crippen LogP contribution in [0.5, 0.6) is 11.5 Å². The minimum absolute atomic E-state index is 0.00885. The monoisotopic (exact) mass is 349 g/mol. The molecule has 0 aliphatic heterocycles. The van der Waals surface area contributed by atoms with E-state index < -0.39 is 0 Å². The molecule has 1 amide bonds. The van der Waals surface area contributed by atoms with E-state index in [-0.39, 0.29) is 12.5 Å². The lowest BCUT2D eigenvalue weighted by Crippen LogP contribution is -2.29. The number of amides is 1. The molecule has 0 saturated heterocycles. The van der Waals surface area contributed by atoms with Crippen LogP contribution in [0, 0.1) is 0 Å². The fourth-order valence-corrected chi connectivity index (χ4v) is 2.13. The summed E-state index contributed by atoms with van der Waals surface area (Å²) < 4.78 is 15.7. The Bertz CT molecular complexity index is 689. The highest BCUT2D eigenvalue weighted by molar-refractivity contribution is 5.75. The summed E-state index contributed by atoms with van der Waals surface area (Å²) in [4.78, 5) is 13.1. The third-order valence-corrected chi connectivity index (χ3v) is 3.37. The topological polar surface area (TPSA) is 100 Å². The second kappa shape index (κ2) is 9.58. The van der Waals surface area contributed by atoms with Crippen molar-refractivity contribution in [3.63, 3.8) is 0 Å². The molecule has 0 atom stereocenters. The van der Waals surface area contributed by atoms with Gasteiger partial charge in [0.2, 0.25) is 11.7 Å². The van der Waals surface area contributed by atoms with Gasteiger partial charge in [-0.25, -0.2) is 0 Å². The lowest BCUT2D eigenvalue weighted by atomic mass is 10.2. The van der Waals surface area contributed by atoms with Gasteiger partial charge in [0.1, 0.15) is 6.54 Å². The van der Waals surface area contributed by atoms with Gasteiger partial charge in [0, 0.05) is 25.3 Å². The van der Waals surface area contributed by atoms with Crippen LogP contribution in [0.4, 0.5) is 0 Å². The van der Waals surface area contributed by atoms with Crippen LogP contribution in [0.25, 0.3) is 11.4 Å². The van der Waals surface area contributed by atoms with E-state index in [9.17, 15) is 4.79 Å². The molecule has 0 unspecified atom stereocenters. The number of aromatic nitrogens is 4. The molecule has 0 aliphatic carbocycles. The molecule has 2 rings (SSSR count). The number of benzene rings is 1. The zero-order valence-electron chi connectivity index (χ0n) is 14.7. The van der Waals surface area contributed by atoms with Gasteiger partial charge in [-0.05, 0) is 36.8 Å². The first kappa shape index (κ1) is 18.7. The standard InChI is InChI=1S/C16H23N5O4/c1-4-25-9-5-8-17-15(22)11-21-19-16(18-20-21)12-6-7-13(23-2)14(10-12)24-3/h6-7,10H,4-5,8-9,11H2,1-3H3,(H,17,22). The van der Waals surface area contributed by atoms with Gasteiger partial charge in [0.25, 0.3) is 0 Å². The van der Waals surface area contributed by atoms with Gasteiger partial charge in [0.15, 0.2) is 11.5 Å². The van der Waals surface area contributed by atoms with Crippen LogP contribution in [0.3, 0.4) is 0 Å². The van der Waals surface area contributed by atoms with Crippen molar-refractivity contribution in [2.45, 2.75) is 19.9 Å². The van der Waals surface area contributed by atoms with Crippen LogP contribution in [0.1, 0.15) is 13.3 Å². The fourth-order valence-electron chi connectivity index (χ4n) is 2.13. The third kappa shape index (κ3) is 5.42. The van der Waals surface area contributed by atoms with Crippen molar-refractivity contribution in [3.8, 4) is 22.9 Å². The van der Waals surface area contributed by atoms with E-state index in [4.69, 9.17) is 14.2 Å². The van der Waals surface area contributed by atoms with Crippen molar-refractivity contribution < 1.29 is 19.0 Å². The molecule has 9 nitrogen and oxygen atoms in total. The van der Waals surface area contributed by atoms with E-state index in [1.807, 2.05) is 6.92 Å². The molecule has 0 bridgehead atoms. The molecular weight excluding hydrogens is 326 g/mol. The van der Waals surface area contributed by atoms with Gasteiger partial charge in [-0.3, -0.25) is 4.79 Å². The molecule has 9 heteroatoms. The number of ether oxygens (including phenoxy) is 3. The number of nitrogens with zero attached hydrogens (tertiary/aromatic N) is 4. The summed E-state index contributed by atoms with van der Waals surface area (Å²) in [7, 11) is 3.13. The van der Waals surface area contributed by atoms with Crippen LogP contribution in [-0.2, 0) is 16.1 Å². The quantitative estimate of drug-likeness (QED) is 0.636. The maximum Gasteiger partial charge on any atom is 0.243 e. The predicted molar refractivity (Wildman–Crippen MR) is 90.5 cm³/mol. The van der Waals surface area contributed by atoms with Crippen molar-refractivity contribution in [3.05, 3.63) is 18.2 Å². The number of hydrogen-bond acceptors (Lipinski definition) is 7. The summed E-state index contributed by atoms with van der Waals surface area (Å²) in [5, 5.41) is 14.9. The molecule has 2 aromatic rings. The number of tetrazole rings is 1. The average Bonchev–Trinajstić information content (AvgIpc) is 3.09. The van der Waals surface area contributed by atoms with Gasteiger partial charge < -0.3 is 19.5 Å². The van der Waals surface area contributed by atoms with Crippen LogP contribution in [-0.4, -0.2) is 60.1 Å². The number of carbonyl (C=O) groups excluding carboxylic acids is 1. The number of rotatable bonds is 10. The second-order valence-electron chi connectivity index (χ2n) is 5.11. The zero-order chi connectivity index (χ0) is 18.1. The van der Waals surface area contributed by atoms with Gasteiger partial charge in [-0.15, -0.1) is 10.2 Å². The molecular formula is C16H23N5O4. The Balaban J connectivity index is 1.92. The van der Waals surface area contributed by atoms with E-state index >= 15 is 0 Å².